The molecule has 0 amide bonds. The number of hydrogen-bond acceptors (Lipinski definition) is 3. The number of anilines is 1. The number of carboxylic acids is 2. The largest absolute Gasteiger partial charge is 0.478 e. The maximum atomic E-state index is 12.3. The molecule has 0 fully saturated rings. The average Bonchev–Trinajstić information content (AvgIpc) is 2.65. The molecule has 0 atom stereocenters. The summed E-state index contributed by atoms with van der Waals surface area (Å²) in [6.07, 6.45) is -0.944. The second-order valence-corrected chi connectivity index (χ2v) is 6.35. The van der Waals surface area contributed by atoms with E-state index in [4.69, 9.17) is 10.2 Å². The minimum Gasteiger partial charge on any atom is -0.478 e. The lowest BCUT2D eigenvalue weighted by atomic mass is 10.1. The number of rotatable bonds is 7. The van der Waals surface area contributed by atoms with E-state index in [0.717, 1.165) is 49.7 Å². The summed E-state index contributed by atoms with van der Waals surface area (Å²) in [5.41, 5.74) is 0.705. The molecule has 0 aliphatic rings. The van der Waals surface area contributed by atoms with Gasteiger partial charge in [0.15, 0.2) is 0 Å². The van der Waals surface area contributed by atoms with Gasteiger partial charge in [-0.15, -0.1) is 0 Å². The minimum absolute atomic E-state index is 0.0111. The molecule has 0 saturated heterocycles. The highest BCUT2D eigenvalue weighted by atomic mass is 19.4. The fourth-order valence-corrected chi connectivity index (χ4v) is 2.37. The Balaban J connectivity index is 0.000000296. The van der Waals surface area contributed by atoms with Crippen molar-refractivity contribution in [1.29, 1.82) is 0 Å². The van der Waals surface area contributed by atoms with Crippen molar-refractivity contribution in [2.45, 2.75) is 39.3 Å². The molecule has 0 aliphatic heterocycles. The van der Waals surface area contributed by atoms with Gasteiger partial charge < -0.3 is 15.5 Å². The van der Waals surface area contributed by atoms with E-state index in [0.29, 0.717) is 5.56 Å². The molecular weight excluding hydrogens is 387 g/mol. The maximum Gasteiger partial charge on any atom is 0.416 e. The molecule has 0 saturated carbocycles. The molecule has 0 unspecified atom stereocenters. The van der Waals surface area contributed by atoms with Gasteiger partial charge in [0.1, 0.15) is 0 Å². The highest BCUT2D eigenvalue weighted by Crippen LogP contribution is 2.29. The van der Waals surface area contributed by atoms with E-state index in [9.17, 15) is 22.8 Å². The number of alkyl halides is 3. The van der Waals surface area contributed by atoms with Crippen LogP contribution in [0, 0.1) is 6.92 Å². The molecule has 5 nitrogen and oxygen atoms in total. The minimum atomic E-state index is -4.25. The van der Waals surface area contributed by atoms with Gasteiger partial charge in [-0.3, -0.25) is 0 Å². The highest BCUT2D eigenvalue weighted by Gasteiger charge is 2.29. The van der Waals surface area contributed by atoms with Gasteiger partial charge in [0.25, 0.3) is 0 Å². The van der Waals surface area contributed by atoms with Crippen LogP contribution < -0.4 is 5.32 Å². The van der Waals surface area contributed by atoms with Gasteiger partial charge in [0.05, 0.1) is 16.7 Å². The Labute approximate surface area is 167 Å². The molecule has 158 valence electrons. The second kappa shape index (κ2) is 11.1. The number of carbonyl (C=O) groups is 2. The lowest BCUT2D eigenvalue weighted by Gasteiger charge is -2.09. The van der Waals surface area contributed by atoms with Crippen molar-refractivity contribution < 1.29 is 33.0 Å². The highest BCUT2D eigenvalue weighted by molar-refractivity contribution is 5.94. The molecule has 0 aromatic heterocycles. The van der Waals surface area contributed by atoms with Crippen LogP contribution in [0.5, 0.6) is 0 Å². The summed E-state index contributed by atoms with van der Waals surface area (Å²) in [6, 6.07) is 9.14. The summed E-state index contributed by atoms with van der Waals surface area (Å²) in [5, 5.41) is 20.4. The molecule has 2 rings (SSSR count). The predicted octanol–water partition coefficient (Wildman–Crippen LogP) is 5.70. The summed E-state index contributed by atoms with van der Waals surface area (Å²) in [7, 11) is 0. The Morgan fingerprint density at radius 2 is 1.59 bits per heavy atom. The number of unbranched alkanes of at least 4 members (excludes halogenated alkanes) is 2. The van der Waals surface area contributed by atoms with Crippen LogP contribution in [0.4, 0.5) is 18.9 Å². The number of carboxylic acid groups (broad SMARTS) is 2. The summed E-state index contributed by atoms with van der Waals surface area (Å²) in [5.74, 6) is -2.23. The molecule has 0 aliphatic carbocycles. The van der Waals surface area contributed by atoms with Gasteiger partial charge in [-0.1, -0.05) is 25.8 Å². The van der Waals surface area contributed by atoms with Gasteiger partial charge in [0, 0.05) is 12.2 Å². The van der Waals surface area contributed by atoms with Gasteiger partial charge in [-0.25, -0.2) is 9.59 Å². The molecule has 8 heteroatoms. The summed E-state index contributed by atoms with van der Waals surface area (Å²) in [4.78, 5) is 21.1. The smallest absolute Gasteiger partial charge is 0.416 e. The molecule has 29 heavy (non-hydrogen) atoms. The van der Waals surface area contributed by atoms with Gasteiger partial charge in [-0.05, 0) is 55.3 Å². The number of aryl methyl sites for hydroxylation is 1. The zero-order valence-electron chi connectivity index (χ0n) is 16.2. The quantitative estimate of drug-likeness (QED) is 0.509. The van der Waals surface area contributed by atoms with E-state index in [2.05, 4.69) is 12.2 Å². The normalized spacial score (nSPS) is 10.7. The zero-order valence-corrected chi connectivity index (χ0v) is 16.2. The van der Waals surface area contributed by atoms with Crippen molar-refractivity contribution in [3.63, 3.8) is 0 Å². The first-order chi connectivity index (χ1) is 13.6. The summed E-state index contributed by atoms with van der Waals surface area (Å²) >= 11 is 0. The third kappa shape index (κ3) is 8.25. The lowest BCUT2D eigenvalue weighted by Crippen LogP contribution is -2.05. The first-order valence-corrected chi connectivity index (χ1v) is 9.04. The van der Waals surface area contributed by atoms with E-state index in [1.54, 1.807) is 6.92 Å². The van der Waals surface area contributed by atoms with Crippen LogP contribution in [0.2, 0.25) is 0 Å². The Bertz CT molecular complexity index is 818. The molecule has 0 radical (unpaired) electrons. The third-order valence-corrected chi connectivity index (χ3v) is 4.04. The molecule has 0 spiro atoms. The Morgan fingerprint density at radius 1 is 0.966 bits per heavy atom. The van der Waals surface area contributed by atoms with Crippen LogP contribution in [0.1, 0.15) is 58.0 Å². The van der Waals surface area contributed by atoms with Crippen LogP contribution in [0.3, 0.4) is 0 Å². The van der Waals surface area contributed by atoms with Crippen molar-refractivity contribution in [2.75, 3.05) is 11.9 Å². The van der Waals surface area contributed by atoms with Gasteiger partial charge in [0.2, 0.25) is 0 Å². The van der Waals surface area contributed by atoms with Crippen LogP contribution in [-0.4, -0.2) is 28.7 Å². The fourth-order valence-electron chi connectivity index (χ4n) is 2.37. The van der Waals surface area contributed by atoms with E-state index >= 15 is 0 Å². The second-order valence-electron chi connectivity index (χ2n) is 6.35. The monoisotopic (exact) mass is 411 g/mol. The van der Waals surface area contributed by atoms with Crippen LogP contribution in [0.15, 0.2) is 42.5 Å². The summed E-state index contributed by atoms with van der Waals surface area (Å²) in [6.45, 7) is 4.53. The van der Waals surface area contributed by atoms with Crippen LogP contribution >= 0.6 is 0 Å². The number of aromatic carboxylic acids is 2. The maximum absolute atomic E-state index is 12.3. The van der Waals surface area contributed by atoms with E-state index in [1.807, 2.05) is 0 Å². The van der Waals surface area contributed by atoms with Crippen LogP contribution in [-0.2, 0) is 6.18 Å². The molecule has 3 N–H and O–H groups in total. The SMILES string of the molecule is CCCCCNc1ccc(C(F)(F)F)cc1.Cc1ccc(C(=O)O)cc1C(=O)O. The predicted molar refractivity (Wildman–Crippen MR) is 105 cm³/mol. The first kappa shape index (κ1) is 24.0. The number of benzene rings is 2. The van der Waals surface area contributed by atoms with Gasteiger partial charge >= 0.3 is 18.1 Å². The fraction of sp³-hybridized carbons (Fsp3) is 0.333. The van der Waals surface area contributed by atoms with Crippen LogP contribution in [0.25, 0.3) is 0 Å². The Hall–Kier alpha value is -3.03. The standard InChI is InChI=1S/C12H16F3N.C9H8O4/c1-2-3-4-9-16-11-7-5-10(6-8-11)12(13,14)15;1-5-2-3-6(8(10)11)4-7(5)9(12)13/h5-8,16H,2-4,9H2,1H3;2-4H,1H3,(H,10,11)(H,12,13). The van der Waals surface area contributed by atoms with E-state index in [1.165, 1.54) is 24.3 Å². The number of nitrogens with one attached hydrogen (secondary N) is 1. The molecule has 2 aromatic carbocycles. The van der Waals surface area contributed by atoms with Gasteiger partial charge in [-0.2, -0.15) is 13.2 Å². The van der Waals surface area contributed by atoms with Crippen molar-refractivity contribution in [1.82, 2.24) is 0 Å². The molecule has 0 heterocycles. The molecule has 2 aromatic rings. The third-order valence-electron chi connectivity index (χ3n) is 4.04. The Morgan fingerprint density at radius 3 is 2.07 bits per heavy atom. The van der Waals surface area contributed by atoms with Crippen molar-refractivity contribution >= 4 is 17.6 Å². The average molecular weight is 411 g/mol. The zero-order chi connectivity index (χ0) is 22.0. The molecule has 0 bridgehead atoms. The van der Waals surface area contributed by atoms with E-state index < -0.39 is 23.7 Å². The molecular formula is C21H24F3NO4. The Kier molecular flexibility index (Phi) is 9.18. The van der Waals surface area contributed by atoms with E-state index in [-0.39, 0.29) is 11.1 Å². The van der Waals surface area contributed by atoms with Crippen molar-refractivity contribution in [2.24, 2.45) is 0 Å². The number of halogens is 3. The topological polar surface area (TPSA) is 86.6 Å². The lowest BCUT2D eigenvalue weighted by molar-refractivity contribution is -0.137. The van der Waals surface area contributed by atoms with Crippen molar-refractivity contribution in [3.8, 4) is 0 Å². The summed E-state index contributed by atoms with van der Waals surface area (Å²) < 4.78 is 36.8. The first-order valence-electron chi connectivity index (χ1n) is 9.04. The van der Waals surface area contributed by atoms with Crippen molar-refractivity contribution in [3.05, 3.63) is 64.7 Å². The number of hydrogen-bond donors (Lipinski definition) is 3.